The average Bonchev–Trinajstić information content (AvgIpc) is 3.64. The number of alkyl halides is 1. The number of methoxy groups -OCH3 is 1. The predicted molar refractivity (Wildman–Crippen MR) is 112 cm³/mol. The number of rotatable bonds is 7. The van der Waals surface area contributed by atoms with Crippen molar-refractivity contribution in [3.63, 3.8) is 0 Å². The number of ether oxygens (including phenoxy) is 1. The second-order valence-corrected chi connectivity index (χ2v) is 7.74. The van der Waals surface area contributed by atoms with E-state index in [4.69, 9.17) is 4.74 Å². The summed E-state index contributed by atoms with van der Waals surface area (Å²) in [6, 6.07) is 4.53. The van der Waals surface area contributed by atoms with Gasteiger partial charge in [0, 0.05) is 32.8 Å². The first-order chi connectivity index (χ1) is 15.0. The van der Waals surface area contributed by atoms with Gasteiger partial charge in [0.15, 0.2) is 5.65 Å². The summed E-state index contributed by atoms with van der Waals surface area (Å²) < 4.78 is 21.6. The molecule has 0 aromatic carbocycles. The van der Waals surface area contributed by atoms with Crippen molar-refractivity contribution < 1.29 is 13.9 Å². The van der Waals surface area contributed by atoms with Crippen LogP contribution in [0.5, 0.6) is 0 Å². The second kappa shape index (κ2) is 7.34. The average molecular weight is 427 g/mol. The van der Waals surface area contributed by atoms with E-state index in [1.54, 1.807) is 38.6 Å². The Balaban J connectivity index is 1.47. The van der Waals surface area contributed by atoms with E-state index in [1.807, 2.05) is 0 Å². The molecule has 1 amide bonds. The van der Waals surface area contributed by atoms with Crippen LogP contribution in [0, 0.1) is 0 Å². The summed E-state index contributed by atoms with van der Waals surface area (Å²) in [4.78, 5) is 30.0. The summed E-state index contributed by atoms with van der Waals surface area (Å²) in [6.45, 7) is 0. The van der Waals surface area contributed by atoms with Gasteiger partial charge >= 0.3 is 0 Å². The maximum atomic E-state index is 13.4. The van der Waals surface area contributed by atoms with Gasteiger partial charge in [-0.05, 0) is 18.6 Å². The van der Waals surface area contributed by atoms with Gasteiger partial charge in [-0.3, -0.25) is 9.59 Å². The molecule has 1 unspecified atom stereocenters. The zero-order chi connectivity index (χ0) is 21.7. The van der Waals surface area contributed by atoms with E-state index in [0.29, 0.717) is 29.3 Å². The minimum absolute atomic E-state index is 0.0259. The number of anilines is 3. The lowest BCUT2D eigenvalue weighted by atomic mass is 10.3. The van der Waals surface area contributed by atoms with Crippen LogP contribution < -0.4 is 21.5 Å². The molecule has 0 saturated heterocycles. The molecule has 0 spiro atoms. The molecule has 2 aliphatic carbocycles. The molecule has 11 heteroatoms. The van der Waals surface area contributed by atoms with Gasteiger partial charge in [0.25, 0.3) is 11.5 Å². The van der Waals surface area contributed by atoms with Gasteiger partial charge in [0.1, 0.15) is 29.1 Å². The van der Waals surface area contributed by atoms with Crippen LogP contribution in [0.25, 0.3) is 5.65 Å². The normalized spacial score (nSPS) is 24.1. The largest absolute Gasteiger partial charge is 0.379 e. The molecule has 0 radical (unpaired) electrons. The maximum absolute atomic E-state index is 13.4. The van der Waals surface area contributed by atoms with Crippen molar-refractivity contribution in [3.05, 3.63) is 46.5 Å². The van der Waals surface area contributed by atoms with E-state index in [1.165, 1.54) is 15.3 Å². The molecular weight excluding hydrogens is 405 g/mol. The molecule has 5 rings (SSSR count). The molecule has 0 bridgehead atoms. The van der Waals surface area contributed by atoms with Crippen molar-refractivity contribution in [1.29, 1.82) is 0 Å². The Morgan fingerprint density at radius 1 is 1.35 bits per heavy atom. The van der Waals surface area contributed by atoms with Crippen molar-refractivity contribution in [2.45, 2.75) is 37.2 Å². The van der Waals surface area contributed by atoms with Crippen LogP contribution in [0.15, 0.2) is 35.4 Å². The van der Waals surface area contributed by atoms with E-state index in [0.717, 1.165) is 6.42 Å². The summed E-state index contributed by atoms with van der Waals surface area (Å²) in [5.74, 6) is 0.640. The molecule has 3 heterocycles. The molecule has 10 nitrogen and oxygen atoms in total. The Morgan fingerprint density at radius 3 is 2.84 bits per heavy atom. The number of carbonyl (C=O) groups excluding carboxylic acids is 1. The molecule has 31 heavy (non-hydrogen) atoms. The minimum Gasteiger partial charge on any atom is -0.379 e. The molecule has 162 valence electrons. The number of nitrogens with one attached hydrogen (secondary N) is 3. The smallest absolute Gasteiger partial charge is 0.274 e. The van der Waals surface area contributed by atoms with Crippen LogP contribution in [0.4, 0.5) is 21.7 Å². The summed E-state index contributed by atoms with van der Waals surface area (Å²) in [5, 5.41) is 13.2. The Kier molecular flexibility index (Phi) is 4.62. The van der Waals surface area contributed by atoms with Gasteiger partial charge in [-0.25, -0.2) is 9.37 Å². The van der Waals surface area contributed by atoms with E-state index < -0.39 is 12.2 Å². The molecule has 3 N–H and O–H groups in total. The van der Waals surface area contributed by atoms with E-state index in [-0.39, 0.29) is 29.3 Å². The monoisotopic (exact) mass is 427 g/mol. The van der Waals surface area contributed by atoms with Gasteiger partial charge in [0.2, 0.25) is 0 Å². The number of pyridine rings is 1. The van der Waals surface area contributed by atoms with Crippen molar-refractivity contribution in [2.75, 3.05) is 24.8 Å². The van der Waals surface area contributed by atoms with Gasteiger partial charge in [-0.2, -0.15) is 9.61 Å². The fourth-order valence-electron chi connectivity index (χ4n) is 3.64. The third-order valence-electron chi connectivity index (χ3n) is 5.60. The first kappa shape index (κ1) is 19.5. The topological polar surface area (TPSA) is 115 Å². The van der Waals surface area contributed by atoms with Crippen molar-refractivity contribution >= 4 is 28.9 Å². The number of halogens is 1. The second-order valence-electron chi connectivity index (χ2n) is 7.74. The summed E-state index contributed by atoms with van der Waals surface area (Å²) in [6.07, 6.45) is 3.19. The van der Waals surface area contributed by atoms with Gasteiger partial charge in [0.05, 0.1) is 24.4 Å². The minimum atomic E-state index is -0.990. The van der Waals surface area contributed by atoms with Crippen molar-refractivity contribution in [2.24, 2.45) is 0 Å². The summed E-state index contributed by atoms with van der Waals surface area (Å²) in [7, 11) is 3.33. The number of amides is 1. The molecule has 3 aromatic heterocycles. The third-order valence-corrected chi connectivity index (χ3v) is 5.60. The Morgan fingerprint density at radius 2 is 2.16 bits per heavy atom. The number of hydrogen-bond acceptors (Lipinski definition) is 7. The Bertz CT molecular complexity index is 1220. The number of aromatic nitrogens is 4. The van der Waals surface area contributed by atoms with Crippen LogP contribution >= 0.6 is 0 Å². The zero-order valence-electron chi connectivity index (χ0n) is 17.0. The molecule has 2 aliphatic rings. The molecule has 2 fully saturated rings. The van der Waals surface area contributed by atoms with E-state index in [2.05, 4.69) is 26.0 Å². The number of fused-ring (bicyclic) bond motifs is 1. The van der Waals surface area contributed by atoms with Crippen molar-refractivity contribution in [1.82, 2.24) is 24.5 Å². The predicted octanol–water partition coefficient (Wildman–Crippen LogP) is 1.48. The van der Waals surface area contributed by atoms with E-state index in [9.17, 15) is 14.0 Å². The first-order valence-corrected chi connectivity index (χ1v) is 10.0. The highest BCUT2D eigenvalue weighted by molar-refractivity contribution is 6.00. The van der Waals surface area contributed by atoms with Gasteiger partial charge in [-0.1, -0.05) is 0 Å². The van der Waals surface area contributed by atoms with Crippen LogP contribution in [0.3, 0.4) is 0 Å². The highest BCUT2D eigenvalue weighted by Gasteiger charge is 2.40. The van der Waals surface area contributed by atoms with Crippen LogP contribution in [0.2, 0.25) is 0 Å². The highest BCUT2D eigenvalue weighted by Crippen LogP contribution is 2.37. The zero-order valence-corrected chi connectivity index (χ0v) is 17.0. The maximum Gasteiger partial charge on any atom is 0.274 e. The Hall–Kier alpha value is -3.47. The van der Waals surface area contributed by atoms with E-state index >= 15 is 0 Å². The Labute approximate surface area is 176 Å². The first-order valence-electron chi connectivity index (χ1n) is 10.0. The van der Waals surface area contributed by atoms with Gasteiger partial charge in [-0.15, -0.1) is 0 Å². The van der Waals surface area contributed by atoms with Crippen LogP contribution in [-0.4, -0.2) is 57.5 Å². The highest BCUT2D eigenvalue weighted by atomic mass is 19.1. The fourth-order valence-corrected chi connectivity index (χ4v) is 3.64. The summed E-state index contributed by atoms with van der Waals surface area (Å²) >= 11 is 0. The van der Waals surface area contributed by atoms with Crippen LogP contribution in [-0.2, 0) is 4.74 Å². The van der Waals surface area contributed by atoms with Gasteiger partial charge < -0.3 is 25.3 Å². The molecule has 2 saturated carbocycles. The SMILES string of the molecule is CNc1cc(Nc2cccn(C3C[C@H]3F)c2=O)nc2c(C(=O)N[C@@H]3C[C@H]3OC)cnn12. The third kappa shape index (κ3) is 3.50. The van der Waals surface area contributed by atoms with Crippen LogP contribution in [0.1, 0.15) is 29.2 Å². The standard InChI is InChI=1S/C20H22FN7O3/c1-22-17-8-16(24-12-4-3-5-27(20(12)30)14-6-11(14)21)26-18-10(9-23-28(17)18)19(29)25-13-7-15(13)31-2/h3-5,8-9,11,13-15,22H,6-7H2,1-2H3,(H,24,26)(H,25,29)/t11-,13-,14?,15-/m1/s1. The lowest BCUT2D eigenvalue weighted by Crippen LogP contribution is -2.28. The number of nitrogens with zero attached hydrogens (tertiary/aromatic N) is 4. The lowest BCUT2D eigenvalue weighted by molar-refractivity contribution is 0.0936. The quantitative estimate of drug-likeness (QED) is 0.523. The van der Waals surface area contributed by atoms with Crippen molar-refractivity contribution in [3.8, 4) is 0 Å². The molecule has 4 atom stereocenters. The summed E-state index contributed by atoms with van der Waals surface area (Å²) in [5.41, 5.74) is 0.590. The fraction of sp³-hybridized carbons (Fsp3) is 0.400. The lowest BCUT2D eigenvalue weighted by Gasteiger charge is -2.11. The molecular formula is C20H22FN7O3. The molecule has 3 aromatic rings. The number of carbonyl (C=O) groups is 1. The number of hydrogen-bond donors (Lipinski definition) is 3. The molecule has 0 aliphatic heterocycles.